The van der Waals surface area contributed by atoms with Crippen LogP contribution in [0.3, 0.4) is 0 Å². The van der Waals surface area contributed by atoms with E-state index in [9.17, 15) is 13.2 Å². The van der Waals surface area contributed by atoms with Gasteiger partial charge >= 0.3 is 0 Å². The molecule has 2 aliphatic carbocycles. The summed E-state index contributed by atoms with van der Waals surface area (Å²) in [7, 11) is 2.29. The number of nitrogens with one attached hydrogen (secondary N) is 1. The molecule has 10 heteroatoms. The van der Waals surface area contributed by atoms with Crippen molar-refractivity contribution in [2.24, 2.45) is 0 Å². The number of hydrogen-bond donors (Lipinski definition) is 1. The predicted molar refractivity (Wildman–Crippen MR) is 153 cm³/mol. The zero-order valence-corrected chi connectivity index (χ0v) is 23.6. The number of rotatable bonds is 9. The molecule has 6 rings (SSSR count). The van der Waals surface area contributed by atoms with Crippen molar-refractivity contribution in [1.29, 1.82) is 0 Å². The van der Waals surface area contributed by atoms with Gasteiger partial charge in [0.15, 0.2) is 0 Å². The number of aromatic nitrogens is 2. The van der Waals surface area contributed by atoms with Gasteiger partial charge in [-0.05, 0) is 70.0 Å². The minimum absolute atomic E-state index is 0.147. The second-order valence-electron chi connectivity index (χ2n) is 11.3. The lowest BCUT2D eigenvalue weighted by molar-refractivity contribution is -0.125. The first-order chi connectivity index (χ1) is 18.7. The van der Waals surface area contributed by atoms with Crippen LogP contribution in [0.1, 0.15) is 50.5 Å². The molecule has 1 spiro atoms. The van der Waals surface area contributed by atoms with Crippen molar-refractivity contribution in [3.63, 3.8) is 0 Å². The Balaban J connectivity index is 1.39. The monoisotopic (exact) mass is 549 g/mol. The summed E-state index contributed by atoms with van der Waals surface area (Å²) in [5.41, 5.74) is 4.31. The highest BCUT2D eigenvalue weighted by Gasteiger charge is 2.54. The van der Waals surface area contributed by atoms with Gasteiger partial charge in [-0.1, -0.05) is 18.9 Å². The Morgan fingerprint density at radius 2 is 1.90 bits per heavy atom. The summed E-state index contributed by atoms with van der Waals surface area (Å²) in [5.74, 6) is 0.429. The van der Waals surface area contributed by atoms with Crippen LogP contribution in [-0.2, 0) is 20.2 Å². The molecular weight excluding hydrogens is 514 g/mol. The number of likely N-dealkylation sites (N-methyl/N-ethyl adjacent to an activating group) is 1. The molecule has 39 heavy (non-hydrogen) atoms. The first-order valence-corrected chi connectivity index (χ1v) is 15.3. The number of sulfonamides is 1. The Hall–Kier alpha value is -3.24. The number of fused-ring (bicyclic) bond motifs is 4. The van der Waals surface area contributed by atoms with E-state index >= 15 is 0 Å². The van der Waals surface area contributed by atoms with Crippen LogP contribution in [0, 0.1) is 0 Å². The van der Waals surface area contributed by atoms with E-state index in [0.29, 0.717) is 25.1 Å². The van der Waals surface area contributed by atoms with Crippen LogP contribution in [-0.4, -0.2) is 68.7 Å². The van der Waals surface area contributed by atoms with Crippen LogP contribution in [0.4, 0.5) is 11.4 Å². The minimum Gasteiger partial charge on any atom is -0.476 e. The maximum atomic E-state index is 13.2. The van der Waals surface area contributed by atoms with Gasteiger partial charge in [0.05, 0.1) is 34.7 Å². The fraction of sp³-hybridized carbons (Fsp3) is 0.483. The number of benzene rings is 1. The molecule has 0 unspecified atom stereocenters. The van der Waals surface area contributed by atoms with Crippen molar-refractivity contribution in [1.82, 2.24) is 14.9 Å². The molecule has 2 saturated carbocycles. The quantitative estimate of drug-likeness (QED) is 0.397. The second kappa shape index (κ2) is 9.75. The van der Waals surface area contributed by atoms with E-state index in [1.165, 1.54) is 0 Å². The average molecular weight is 550 g/mol. The number of carbonyl (C=O) groups is 1. The molecule has 1 aliphatic heterocycles. The highest BCUT2D eigenvalue weighted by molar-refractivity contribution is 7.93. The van der Waals surface area contributed by atoms with Gasteiger partial charge in [0.2, 0.25) is 21.8 Å². The van der Waals surface area contributed by atoms with Crippen LogP contribution in [0.15, 0.2) is 36.7 Å². The van der Waals surface area contributed by atoms with Gasteiger partial charge in [0.25, 0.3) is 0 Å². The minimum atomic E-state index is -3.54. The van der Waals surface area contributed by atoms with E-state index in [1.807, 2.05) is 33.3 Å². The summed E-state index contributed by atoms with van der Waals surface area (Å²) < 4.78 is 34.8. The largest absolute Gasteiger partial charge is 0.476 e. The van der Waals surface area contributed by atoms with Crippen molar-refractivity contribution in [3.05, 3.63) is 42.2 Å². The van der Waals surface area contributed by atoms with Crippen LogP contribution < -0.4 is 14.4 Å². The molecule has 1 N–H and O–H groups in total. The predicted octanol–water partition coefficient (Wildman–Crippen LogP) is 4.32. The lowest BCUT2D eigenvalue weighted by atomic mass is 9.64. The highest BCUT2D eigenvalue weighted by Crippen LogP contribution is 2.55. The third kappa shape index (κ3) is 4.43. The van der Waals surface area contributed by atoms with E-state index in [4.69, 9.17) is 4.74 Å². The maximum Gasteiger partial charge on any atom is 0.238 e. The van der Waals surface area contributed by atoms with Gasteiger partial charge < -0.3 is 14.5 Å². The molecular formula is C29H35N5O4S. The van der Waals surface area contributed by atoms with Gasteiger partial charge in [-0.25, -0.2) is 13.4 Å². The molecule has 1 aromatic carbocycles. The summed E-state index contributed by atoms with van der Waals surface area (Å²) in [6, 6.07) is 7.80. The average Bonchev–Trinajstić information content (AvgIpc) is 3.07. The van der Waals surface area contributed by atoms with Gasteiger partial charge in [0, 0.05) is 36.3 Å². The first-order valence-electron chi connectivity index (χ1n) is 13.7. The van der Waals surface area contributed by atoms with Crippen molar-refractivity contribution in [3.8, 4) is 17.0 Å². The molecule has 9 nitrogen and oxygen atoms in total. The lowest BCUT2D eigenvalue weighted by Crippen LogP contribution is -2.43. The number of anilines is 2. The second-order valence-corrected chi connectivity index (χ2v) is 13.3. The van der Waals surface area contributed by atoms with E-state index in [1.54, 1.807) is 23.4 Å². The summed E-state index contributed by atoms with van der Waals surface area (Å²) in [6.45, 7) is 1.29. The zero-order chi connectivity index (χ0) is 27.4. The smallest absolute Gasteiger partial charge is 0.238 e. The van der Waals surface area contributed by atoms with Crippen molar-refractivity contribution >= 4 is 38.2 Å². The number of ether oxygens (including phenoxy) is 1. The SMILES string of the molecule is CN(C)CCCOc1ncc(-c2ccc3ncc4c(c3c2)C2(CCC2)C(=O)N4C)cc1NS(=O)(=O)C1CCC1. The molecule has 3 heterocycles. The van der Waals surface area contributed by atoms with Gasteiger partial charge in [-0.3, -0.25) is 14.5 Å². The van der Waals surface area contributed by atoms with Crippen molar-refractivity contribution in [2.45, 2.75) is 55.6 Å². The highest BCUT2D eigenvalue weighted by atomic mass is 32.2. The summed E-state index contributed by atoms with van der Waals surface area (Å²) in [5, 5.41) is 0.577. The van der Waals surface area contributed by atoms with Crippen molar-refractivity contribution in [2.75, 3.05) is 43.9 Å². The fourth-order valence-electron chi connectivity index (χ4n) is 5.92. The maximum absolute atomic E-state index is 13.2. The molecule has 0 bridgehead atoms. The lowest BCUT2D eigenvalue weighted by Gasteiger charge is -2.37. The van der Waals surface area contributed by atoms with Gasteiger partial charge in [0.1, 0.15) is 5.69 Å². The Morgan fingerprint density at radius 3 is 2.56 bits per heavy atom. The van der Waals surface area contributed by atoms with Gasteiger partial charge in [-0.2, -0.15) is 0 Å². The molecule has 0 atom stereocenters. The van der Waals surface area contributed by atoms with E-state index in [0.717, 1.165) is 71.9 Å². The number of nitrogens with zero attached hydrogens (tertiary/aromatic N) is 4. The number of hydrogen-bond acceptors (Lipinski definition) is 7. The number of amides is 1. The first kappa shape index (κ1) is 26.0. The summed E-state index contributed by atoms with van der Waals surface area (Å²) in [4.78, 5) is 26.2. The molecule has 2 fully saturated rings. The molecule has 0 radical (unpaired) electrons. The van der Waals surface area contributed by atoms with E-state index in [2.05, 4.69) is 25.7 Å². The Labute approximate surface area is 229 Å². The Morgan fingerprint density at radius 1 is 1.10 bits per heavy atom. The third-order valence-electron chi connectivity index (χ3n) is 8.53. The molecule has 1 amide bonds. The molecule has 2 aromatic heterocycles. The fourth-order valence-corrected chi connectivity index (χ4v) is 7.49. The molecule has 3 aromatic rings. The Kier molecular flexibility index (Phi) is 6.50. The summed E-state index contributed by atoms with van der Waals surface area (Å²) >= 11 is 0. The van der Waals surface area contributed by atoms with E-state index < -0.39 is 15.4 Å². The number of pyridine rings is 2. The normalized spacial score (nSPS) is 18.4. The van der Waals surface area contributed by atoms with Gasteiger partial charge in [-0.15, -0.1) is 0 Å². The molecule has 0 saturated heterocycles. The van der Waals surface area contributed by atoms with Crippen LogP contribution in [0.2, 0.25) is 0 Å². The molecule has 3 aliphatic rings. The third-order valence-corrected chi connectivity index (χ3v) is 10.4. The van der Waals surface area contributed by atoms with Crippen LogP contribution in [0.5, 0.6) is 5.88 Å². The van der Waals surface area contributed by atoms with Crippen LogP contribution in [0.25, 0.3) is 22.0 Å². The van der Waals surface area contributed by atoms with E-state index in [-0.39, 0.29) is 17.0 Å². The topological polar surface area (TPSA) is 105 Å². The molecule has 206 valence electrons. The van der Waals surface area contributed by atoms with Crippen LogP contribution >= 0.6 is 0 Å². The zero-order valence-electron chi connectivity index (χ0n) is 22.7. The van der Waals surface area contributed by atoms with Crippen molar-refractivity contribution < 1.29 is 17.9 Å². The summed E-state index contributed by atoms with van der Waals surface area (Å²) in [6.07, 6.45) is 9.30. The number of carbonyl (C=O) groups excluding carboxylic acids is 1. The Bertz CT molecular complexity index is 1550. The standard InChI is InChI=1S/C29H35N5O4S/c1-33(2)13-6-14-38-27-24(32-39(36,37)21-7-4-8-21)16-20(17-31-27)19-9-10-23-22(15-19)26-25(18-30-23)34(3)28(35)29(26)11-5-12-29/h9-10,15-18,21,32H,4-8,11-14H2,1-3H3.